The van der Waals surface area contributed by atoms with Crippen LogP contribution in [0.2, 0.25) is 0 Å². The fourth-order valence-corrected chi connectivity index (χ4v) is 4.15. The average molecular weight is 345 g/mol. The summed E-state index contributed by atoms with van der Waals surface area (Å²) in [6.45, 7) is 6.45. The molecule has 7 heteroatoms. The molecule has 1 aromatic rings. The Hall–Kier alpha value is -1.73. The molecule has 0 bridgehead atoms. The number of nitrogens with zero attached hydrogens (tertiary/aromatic N) is 5. The lowest BCUT2D eigenvalue weighted by Crippen LogP contribution is -2.49. The van der Waals surface area contributed by atoms with Gasteiger partial charge in [0.05, 0.1) is 24.8 Å². The van der Waals surface area contributed by atoms with Crippen LogP contribution < -0.4 is 4.90 Å². The van der Waals surface area contributed by atoms with E-state index >= 15 is 0 Å². The topological polar surface area (TPSA) is 61.8 Å². The number of rotatable bonds is 2. The van der Waals surface area contributed by atoms with Gasteiger partial charge in [-0.3, -0.25) is 4.79 Å². The third kappa shape index (κ3) is 3.48. The van der Waals surface area contributed by atoms with Crippen LogP contribution in [-0.4, -0.2) is 78.7 Å². The Morgan fingerprint density at radius 1 is 1.20 bits per heavy atom. The van der Waals surface area contributed by atoms with Crippen LogP contribution in [0.15, 0.2) is 6.33 Å². The van der Waals surface area contributed by atoms with Gasteiger partial charge in [0.1, 0.15) is 12.1 Å². The molecule has 0 saturated carbocycles. The van der Waals surface area contributed by atoms with Crippen LogP contribution in [0.4, 0.5) is 5.82 Å². The zero-order valence-corrected chi connectivity index (χ0v) is 15.0. The number of likely N-dealkylation sites (N-methyl/N-ethyl adjacent to an activating group) is 1. The molecule has 0 N–H and O–H groups in total. The zero-order chi connectivity index (χ0) is 17.2. The second kappa shape index (κ2) is 7.25. The summed E-state index contributed by atoms with van der Waals surface area (Å²) in [5.41, 5.74) is 2.42. The Labute approximate surface area is 149 Å². The molecule has 1 amide bonds. The normalized spacial score (nSPS) is 24.9. The molecule has 25 heavy (non-hydrogen) atoms. The predicted octanol–water partition coefficient (Wildman–Crippen LogP) is 0.540. The Morgan fingerprint density at radius 3 is 2.88 bits per heavy atom. The van der Waals surface area contributed by atoms with Crippen molar-refractivity contribution in [1.29, 1.82) is 0 Å². The summed E-state index contributed by atoms with van der Waals surface area (Å²) in [6.07, 6.45) is 4.67. The molecule has 1 atom stereocenters. The second-order valence-electron chi connectivity index (χ2n) is 7.33. The maximum Gasteiger partial charge on any atom is 0.227 e. The zero-order valence-electron chi connectivity index (χ0n) is 15.0. The highest BCUT2D eigenvalue weighted by Crippen LogP contribution is 2.29. The van der Waals surface area contributed by atoms with E-state index < -0.39 is 0 Å². The number of hydrogen-bond acceptors (Lipinski definition) is 6. The molecule has 0 aliphatic carbocycles. The molecule has 2 saturated heterocycles. The Morgan fingerprint density at radius 2 is 2.04 bits per heavy atom. The third-order valence-corrected chi connectivity index (χ3v) is 5.56. The van der Waals surface area contributed by atoms with E-state index in [2.05, 4.69) is 26.8 Å². The Balaban J connectivity index is 1.51. The Bertz CT molecular complexity index is 632. The molecule has 0 unspecified atom stereocenters. The number of carbonyl (C=O) groups excluding carboxylic acids is 1. The third-order valence-electron chi connectivity index (χ3n) is 5.56. The molecule has 2 fully saturated rings. The van der Waals surface area contributed by atoms with Crippen molar-refractivity contribution in [1.82, 2.24) is 19.8 Å². The minimum atomic E-state index is 0.0683. The van der Waals surface area contributed by atoms with E-state index in [-0.39, 0.29) is 11.8 Å². The quantitative estimate of drug-likeness (QED) is 0.780. The van der Waals surface area contributed by atoms with Crippen LogP contribution in [0.3, 0.4) is 0 Å². The number of carbonyl (C=O) groups is 1. The fraction of sp³-hybridized carbons (Fsp3) is 0.722. The molecule has 4 heterocycles. The van der Waals surface area contributed by atoms with Crippen molar-refractivity contribution in [2.24, 2.45) is 5.92 Å². The van der Waals surface area contributed by atoms with E-state index in [9.17, 15) is 4.79 Å². The molecule has 1 aromatic heterocycles. The number of aromatic nitrogens is 2. The number of fused-ring (bicyclic) bond motifs is 1. The molecule has 0 aromatic carbocycles. The molecular formula is C18H27N5O2. The SMILES string of the molecule is CN1CCc2ncnc(N3CCC[C@H](C(=O)N4CCOCC4)C3)c2C1. The number of ether oxygens (including phenoxy) is 1. The number of piperidine rings is 1. The molecule has 4 rings (SSSR count). The number of morpholine rings is 1. The smallest absolute Gasteiger partial charge is 0.227 e. The summed E-state index contributed by atoms with van der Waals surface area (Å²) in [4.78, 5) is 28.6. The molecule has 3 aliphatic rings. The summed E-state index contributed by atoms with van der Waals surface area (Å²) in [7, 11) is 2.14. The average Bonchev–Trinajstić information content (AvgIpc) is 2.67. The predicted molar refractivity (Wildman–Crippen MR) is 94.4 cm³/mol. The lowest BCUT2D eigenvalue weighted by molar-refractivity contribution is -0.139. The van der Waals surface area contributed by atoms with Gasteiger partial charge >= 0.3 is 0 Å². The standard InChI is InChI=1S/C18H27N5O2/c1-21-6-4-16-15(12-21)17(20-13-19-16)23-5-2-3-14(11-23)18(24)22-7-9-25-10-8-22/h13-14H,2-12H2,1H3/t14-/m0/s1. The maximum atomic E-state index is 12.9. The molecular weight excluding hydrogens is 318 g/mol. The first-order valence-corrected chi connectivity index (χ1v) is 9.35. The first-order valence-electron chi connectivity index (χ1n) is 9.35. The molecule has 0 radical (unpaired) electrons. The van der Waals surface area contributed by atoms with Crippen molar-refractivity contribution in [2.75, 3.05) is 57.9 Å². The van der Waals surface area contributed by atoms with Gasteiger partial charge in [-0.25, -0.2) is 9.97 Å². The number of hydrogen-bond donors (Lipinski definition) is 0. The number of anilines is 1. The summed E-state index contributed by atoms with van der Waals surface area (Å²) in [5.74, 6) is 1.39. The minimum Gasteiger partial charge on any atom is -0.378 e. The summed E-state index contributed by atoms with van der Waals surface area (Å²) in [5, 5.41) is 0. The molecule has 7 nitrogen and oxygen atoms in total. The van der Waals surface area contributed by atoms with Gasteiger partial charge in [-0.1, -0.05) is 0 Å². The van der Waals surface area contributed by atoms with E-state index in [4.69, 9.17) is 4.74 Å². The lowest BCUT2D eigenvalue weighted by atomic mass is 9.95. The monoisotopic (exact) mass is 345 g/mol. The molecule has 0 spiro atoms. The first kappa shape index (κ1) is 16.7. The van der Waals surface area contributed by atoms with Gasteiger partial charge in [0.2, 0.25) is 5.91 Å². The van der Waals surface area contributed by atoms with Gasteiger partial charge < -0.3 is 19.4 Å². The fourth-order valence-electron chi connectivity index (χ4n) is 4.15. The summed E-state index contributed by atoms with van der Waals surface area (Å²) >= 11 is 0. The minimum absolute atomic E-state index is 0.0683. The van der Waals surface area contributed by atoms with Crippen molar-refractivity contribution < 1.29 is 9.53 Å². The Kier molecular flexibility index (Phi) is 4.85. The van der Waals surface area contributed by atoms with E-state index in [1.165, 1.54) is 11.3 Å². The van der Waals surface area contributed by atoms with Crippen LogP contribution in [0, 0.1) is 5.92 Å². The highest BCUT2D eigenvalue weighted by molar-refractivity contribution is 5.80. The first-order chi connectivity index (χ1) is 12.2. The van der Waals surface area contributed by atoms with Crippen LogP contribution in [0.5, 0.6) is 0 Å². The van der Waals surface area contributed by atoms with Gasteiger partial charge in [-0.15, -0.1) is 0 Å². The summed E-state index contributed by atoms with van der Waals surface area (Å²) in [6, 6.07) is 0. The van der Waals surface area contributed by atoms with Crippen molar-refractivity contribution in [2.45, 2.75) is 25.8 Å². The van der Waals surface area contributed by atoms with Gasteiger partial charge in [0.25, 0.3) is 0 Å². The highest BCUT2D eigenvalue weighted by atomic mass is 16.5. The van der Waals surface area contributed by atoms with E-state index in [0.29, 0.717) is 13.2 Å². The van der Waals surface area contributed by atoms with Crippen LogP contribution >= 0.6 is 0 Å². The van der Waals surface area contributed by atoms with E-state index in [0.717, 1.165) is 64.3 Å². The lowest BCUT2D eigenvalue weighted by Gasteiger charge is -2.38. The maximum absolute atomic E-state index is 12.9. The van der Waals surface area contributed by atoms with Crippen molar-refractivity contribution >= 4 is 11.7 Å². The van der Waals surface area contributed by atoms with Gasteiger partial charge in [0, 0.05) is 51.3 Å². The van der Waals surface area contributed by atoms with Gasteiger partial charge in [-0.05, 0) is 19.9 Å². The van der Waals surface area contributed by atoms with Crippen molar-refractivity contribution in [3.05, 3.63) is 17.6 Å². The van der Waals surface area contributed by atoms with Crippen molar-refractivity contribution in [3.63, 3.8) is 0 Å². The van der Waals surface area contributed by atoms with Crippen molar-refractivity contribution in [3.8, 4) is 0 Å². The van der Waals surface area contributed by atoms with Gasteiger partial charge in [-0.2, -0.15) is 0 Å². The summed E-state index contributed by atoms with van der Waals surface area (Å²) < 4.78 is 5.37. The number of amides is 1. The van der Waals surface area contributed by atoms with E-state index in [1.807, 2.05) is 4.90 Å². The van der Waals surface area contributed by atoms with E-state index in [1.54, 1.807) is 6.33 Å². The second-order valence-corrected chi connectivity index (χ2v) is 7.33. The largest absolute Gasteiger partial charge is 0.378 e. The van der Waals surface area contributed by atoms with Gasteiger partial charge in [0.15, 0.2) is 0 Å². The van der Waals surface area contributed by atoms with Crippen LogP contribution in [0.25, 0.3) is 0 Å². The van der Waals surface area contributed by atoms with Crippen LogP contribution in [-0.2, 0) is 22.5 Å². The highest BCUT2D eigenvalue weighted by Gasteiger charge is 2.32. The molecule has 3 aliphatic heterocycles. The van der Waals surface area contributed by atoms with Crippen LogP contribution in [0.1, 0.15) is 24.1 Å². The molecule has 136 valence electrons.